The summed E-state index contributed by atoms with van der Waals surface area (Å²) in [6.45, 7) is 0. The summed E-state index contributed by atoms with van der Waals surface area (Å²) in [7, 11) is -2.13. The van der Waals surface area contributed by atoms with Gasteiger partial charge in [-0.1, -0.05) is 30.8 Å². The zero-order chi connectivity index (χ0) is 15.5. The van der Waals surface area contributed by atoms with Crippen LogP contribution >= 0.6 is 0 Å². The molecule has 0 radical (unpaired) electrons. The number of hydrogen-bond acceptors (Lipinski definition) is 5. The van der Waals surface area contributed by atoms with E-state index in [0.717, 1.165) is 25.7 Å². The average Bonchev–Trinajstić information content (AvgIpc) is 2.75. The summed E-state index contributed by atoms with van der Waals surface area (Å²) in [5.74, 6) is -0.0936. The van der Waals surface area contributed by atoms with Gasteiger partial charge in [0.2, 0.25) is 0 Å². The normalized spacial score (nSPS) is 20.1. The molecule has 1 aromatic rings. The van der Waals surface area contributed by atoms with Crippen LogP contribution in [0, 0.1) is 0 Å². The predicted molar refractivity (Wildman–Crippen MR) is 77.4 cm³/mol. The van der Waals surface area contributed by atoms with Crippen molar-refractivity contribution in [2.45, 2.75) is 49.1 Å². The Morgan fingerprint density at radius 2 is 2.05 bits per heavy atom. The number of hydrogen-bond donors (Lipinski definition) is 3. The zero-order valence-corrected chi connectivity index (χ0v) is 12.8. The molecule has 1 saturated carbocycles. The van der Waals surface area contributed by atoms with Gasteiger partial charge in [-0.2, -0.15) is 4.72 Å². The van der Waals surface area contributed by atoms with Crippen LogP contribution in [-0.2, 0) is 17.1 Å². The average molecular weight is 315 g/mol. The molecule has 2 rings (SSSR count). The third-order valence-electron chi connectivity index (χ3n) is 3.84. The lowest BCUT2D eigenvalue weighted by molar-refractivity contribution is 0.306. The highest BCUT2D eigenvalue weighted by Gasteiger charge is 2.40. The van der Waals surface area contributed by atoms with E-state index in [1.807, 2.05) is 0 Å². The van der Waals surface area contributed by atoms with E-state index in [1.165, 1.54) is 12.5 Å². The summed E-state index contributed by atoms with van der Waals surface area (Å²) in [5, 5.41) is 12.0. The Bertz CT molecular complexity index is 615. The fourth-order valence-electron chi connectivity index (χ4n) is 2.68. The lowest BCUT2D eigenvalue weighted by Gasteiger charge is -2.31. The van der Waals surface area contributed by atoms with Gasteiger partial charge in [0, 0.05) is 13.2 Å². The molecular formula is C12H21N5O3S. The van der Waals surface area contributed by atoms with Crippen molar-refractivity contribution in [1.82, 2.24) is 14.3 Å². The van der Waals surface area contributed by atoms with Crippen LogP contribution in [-0.4, -0.2) is 34.6 Å². The highest BCUT2D eigenvalue weighted by atomic mass is 32.2. The maximum absolute atomic E-state index is 12.5. The quantitative estimate of drug-likeness (QED) is 0.246. The number of nitrogens with zero attached hydrogens (tertiary/aromatic N) is 3. The molecule has 1 aliphatic carbocycles. The molecule has 0 aliphatic heterocycles. The molecule has 4 N–H and O–H groups in total. The Morgan fingerprint density at radius 3 is 2.52 bits per heavy atom. The van der Waals surface area contributed by atoms with Crippen molar-refractivity contribution in [1.29, 1.82) is 0 Å². The van der Waals surface area contributed by atoms with E-state index in [-0.39, 0.29) is 10.9 Å². The number of nitrogens with one attached hydrogen (secondary N) is 1. The van der Waals surface area contributed by atoms with E-state index in [2.05, 4.69) is 14.9 Å². The molecule has 8 nitrogen and oxygen atoms in total. The van der Waals surface area contributed by atoms with Crippen molar-refractivity contribution in [2.24, 2.45) is 17.9 Å². The number of sulfonamides is 1. The van der Waals surface area contributed by atoms with Gasteiger partial charge in [-0.05, 0) is 12.8 Å². The summed E-state index contributed by atoms with van der Waals surface area (Å²) in [6.07, 6.45) is 7.50. The van der Waals surface area contributed by atoms with Gasteiger partial charge in [-0.3, -0.25) is 0 Å². The van der Waals surface area contributed by atoms with Crippen molar-refractivity contribution in [2.75, 3.05) is 0 Å². The minimum absolute atomic E-state index is 0.0700. The van der Waals surface area contributed by atoms with E-state index in [4.69, 9.17) is 10.9 Å². The van der Waals surface area contributed by atoms with Gasteiger partial charge in [0.25, 0.3) is 10.0 Å². The second-order valence-electron chi connectivity index (χ2n) is 5.46. The fourth-order valence-corrected chi connectivity index (χ4v) is 4.09. The van der Waals surface area contributed by atoms with E-state index in [0.29, 0.717) is 12.8 Å². The van der Waals surface area contributed by atoms with Gasteiger partial charge in [0.15, 0.2) is 10.9 Å². The standard InChI is InChI=1S/C12H21N5O3S/c1-17-8-10(14-9-17)21(19,20)16-12(11(13)15-18)6-4-2-3-5-7-12/h8-9,16,18H,2-7H2,1H3,(H2,13,15). The van der Waals surface area contributed by atoms with Gasteiger partial charge in [-0.25, -0.2) is 13.4 Å². The molecular weight excluding hydrogens is 294 g/mol. The topological polar surface area (TPSA) is 123 Å². The number of aryl methyl sites for hydroxylation is 1. The largest absolute Gasteiger partial charge is 0.409 e. The van der Waals surface area contributed by atoms with E-state index in [9.17, 15) is 8.42 Å². The summed E-state index contributed by atoms with van der Waals surface area (Å²) in [6, 6.07) is 0. The van der Waals surface area contributed by atoms with Crippen molar-refractivity contribution < 1.29 is 13.6 Å². The van der Waals surface area contributed by atoms with Crippen LogP contribution in [0.5, 0.6) is 0 Å². The highest BCUT2D eigenvalue weighted by Crippen LogP contribution is 2.29. The van der Waals surface area contributed by atoms with Crippen LogP contribution in [0.1, 0.15) is 38.5 Å². The lowest BCUT2D eigenvalue weighted by Crippen LogP contribution is -2.57. The van der Waals surface area contributed by atoms with Gasteiger partial charge in [-0.15, -0.1) is 0 Å². The van der Waals surface area contributed by atoms with Crippen molar-refractivity contribution in [3.05, 3.63) is 12.5 Å². The first-order valence-corrected chi connectivity index (χ1v) is 8.38. The third kappa shape index (κ3) is 3.35. The van der Waals surface area contributed by atoms with Gasteiger partial charge < -0.3 is 15.5 Å². The van der Waals surface area contributed by atoms with Crippen molar-refractivity contribution in [3.63, 3.8) is 0 Å². The number of imidazole rings is 1. The third-order valence-corrected chi connectivity index (χ3v) is 5.26. The molecule has 0 bridgehead atoms. The molecule has 118 valence electrons. The first-order valence-electron chi connectivity index (χ1n) is 6.90. The molecule has 21 heavy (non-hydrogen) atoms. The molecule has 1 aliphatic rings. The monoisotopic (exact) mass is 315 g/mol. The second-order valence-corrected chi connectivity index (χ2v) is 7.09. The Kier molecular flexibility index (Phi) is 4.52. The first kappa shape index (κ1) is 15.8. The predicted octanol–water partition coefficient (Wildman–Crippen LogP) is 0.538. The minimum atomic E-state index is -3.82. The number of oxime groups is 1. The van der Waals surface area contributed by atoms with Crippen molar-refractivity contribution in [3.8, 4) is 0 Å². The van der Waals surface area contributed by atoms with Gasteiger partial charge in [0.1, 0.15) is 0 Å². The first-order chi connectivity index (χ1) is 9.89. The van der Waals surface area contributed by atoms with Crippen molar-refractivity contribution >= 4 is 15.9 Å². The smallest absolute Gasteiger partial charge is 0.260 e. The van der Waals surface area contributed by atoms with Gasteiger partial charge >= 0.3 is 0 Å². The molecule has 1 heterocycles. The Hall–Kier alpha value is -1.61. The summed E-state index contributed by atoms with van der Waals surface area (Å²) in [4.78, 5) is 3.86. The summed E-state index contributed by atoms with van der Waals surface area (Å²) >= 11 is 0. The van der Waals surface area contributed by atoms with Crippen LogP contribution < -0.4 is 10.5 Å². The van der Waals surface area contributed by atoms with E-state index >= 15 is 0 Å². The molecule has 1 fully saturated rings. The Balaban J connectivity index is 2.34. The zero-order valence-electron chi connectivity index (χ0n) is 12.0. The number of nitrogens with two attached hydrogens (primary N) is 1. The molecule has 0 atom stereocenters. The van der Waals surface area contributed by atoms with Crippen LogP contribution in [0.2, 0.25) is 0 Å². The molecule has 0 saturated heterocycles. The SMILES string of the molecule is Cn1cnc(S(=O)(=O)NC2(C(N)=NO)CCCCCC2)c1. The minimum Gasteiger partial charge on any atom is -0.409 e. The molecule has 9 heteroatoms. The highest BCUT2D eigenvalue weighted by molar-refractivity contribution is 7.89. The number of rotatable bonds is 4. The van der Waals surface area contributed by atoms with Gasteiger partial charge in [0.05, 0.1) is 11.9 Å². The van der Waals surface area contributed by atoms with Crippen LogP contribution in [0.25, 0.3) is 0 Å². The molecule has 0 amide bonds. The van der Waals surface area contributed by atoms with E-state index in [1.54, 1.807) is 11.6 Å². The number of amidine groups is 1. The maximum atomic E-state index is 12.5. The molecule has 1 aromatic heterocycles. The van der Waals surface area contributed by atoms with Crippen LogP contribution in [0.15, 0.2) is 22.7 Å². The lowest BCUT2D eigenvalue weighted by atomic mass is 9.90. The maximum Gasteiger partial charge on any atom is 0.260 e. The number of aromatic nitrogens is 2. The molecule has 0 unspecified atom stereocenters. The Labute approximate surface area is 124 Å². The fraction of sp³-hybridized carbons (Fsp3) is 0.667. The van der Waals surface area contributed by atoms with Crippen LogP contribution in [0.4, 0.5) is 0 Å². The second kappa shape index (κ2) is 6.02. The van der Waals surface area contributed by atoms with Crippen LogP contribution in [0.3, 0.4) is 0 Å². The summed E-state index contributed by atoms with van der Waals surface area (Å²) in [5.41, 5.74) is 4.75. The van der Waals surface area contributed by atoms with E-state index < -0.39 is 15.6 Å². The summed E-state index contributed by atoms with van der Waals surface area (Å²) < 4.78 is 29.1. The molecule has 0 aromatic carbocycles. The molecule has 0 spiro atoms. The Morgan fingerprint density at radius 1 is 1.43 bits per heavy atom.